The lowest BCUT2D eigenvalue weighted by molar-refractivity contribution is -0.125. The van der Waals surface area contributed by atoms with Gasteiger partial charge in [-0.15, -0.1) is 0 Å². The molecule has 3 atom stereocenters. The second-order valence-corrected chi connectivity index (χ2v) is 10.4. The highest BCUT2D eigenvalue weighted by Crippen LogP contribution is 2.40. The maximum absolute atomic E-state index is 13.4. The number of piperidine rings is 1. The first kappa shape index (κ1) is 22.9. The summed E-state index contributed by atoms with van der Waals surface area (Å²) in [6.45, 7) is 4.85. The maximum atomic E-state index is 13.4. The van der Waals surface area contributed by atoms with E-state index in [0.717, 1.165) is 56.1 Å². The summed E-state index contributed by atoms with van der Waals surface area (Å²) in [4.78, 5) is 35.6. The Morgan fingerprint density at radius 2 is 1.76 bits per heavy atom. The van der Waals surface area contributed by atoms with E-state index in [1.807, 2.05) is 41.4 Å². The Morgan fingerprint density at radius 1 is 1.00 bits per heavy atom. The molecule has 2 amide bonds. The highest BCUT2D eigenvalue weighted by atomic mass is 16.2. The number of rotatable bonds is 5. The molecule has 180 valence electrons. The Labute approximate surface area is 202 Å². The monoisotopic (exact) mass is 460 g/mol. The summed E-state index contributed by atoms with van der Waals surface area (Å²) in [5.74, 6) is 2.16. The minimum Gasteiger partial charge on any atom is -0.357 e. The van der Waals surface area contributed by atoms with E-state index >= 15 is 0 Å². The van der Waals surface area contributed by atoms with Crippen LogP contribution in [-0.2, 0) is 11.3 Å². The normalized spacial score (nSPS) is 25.1. The Hall–Kier alpha value is -2.89. The number of aromatic nitrogens is 1. The van der Waals surface area contributed by atoms with Crippen LogP contribution >= 0.6 is 0 Å². The molecule has 2 aromatic rings. The van der Waals surface area contributed by atoms with Crippen LogP contribution in [0.2, 0.25) is 0 Å². The van der Waals surface area contributed by atoms with Gasteiger partial charge < -0.3 is 15.1 Å². The molecular formula is C28H36N4O2. The Morgan fingerprint density at radius 3 is 2.50 bits per heavy atom. The van der Waals surface area contributed by atoms with Crippen LogP contribution in [0.25, 0.3) is 0 Å². The number of hydrogen-bond acceptors (Lipinski definition) is 4. The highest BCUT2D eigenvalue weighted by molar-refractivity contribution is 5.98. The van der Waals surface area contributed by atoms with Crippen LogP contribution in [0.4, 0.5) is 5.82 Å². The van der Waals surface area contributed by atoms with Crippen molar-refractivity contribution >= 4 is 17.6 Å². The second-order valence-electron chi connectivity index (χ2n) is 10.4. The van der Waals surface area contributed by atoms with Gasteiger partial charge in [-0.05, 0) is 67.7 Å². The van der Waals surface area contributed by atoms with E-state index in [1.165, 1.54) is 19.3 Å². The van der Waals surface area contributed by atoms with Crippen LogP contribution in [0.1, 0.15) is 67.8 Å². The van der Waals surface area contributed by atoms with Gasteiger partial charge in [0.2, 0.25) is 5.91 Å². The van der Waals surface area contributed by atoms with Crippen LogP contribution in [0, 0.1) is 11.8 Å². The van der Waals surface area contributed by atoms with Gasteiger partial charge in [-0.3, -0.25) is 9.59 Å². The van der Waals surface area contributed by atoms with Gasteiger partial charge in [0, 0.05) is 37.4 Å². The second kappa shape index (κ2) is 10.2. The number of carbonyl (C=O) groups excluding carboxylic acids is 2. The van der Waals surface area contributed by atoms with Crippen LogP contribution in [-0.4, -0.2) is 46.9 Å². The number of likely N-dealkylation sites (tertiary alicyclic amines) is 1. The van der Waals surface area contributed by atoms with E-state index in [-0.39, 0.29) is 17.9 Å². The molecular weight excluding hydrogens is 424 g/mol. The largest absolute Gasteiger partial charge is 0.357 e. The van der Waals surface area contributed by atoms with Gasteiger partial charge >= 0.3 is 0 Å². The first-order valence-corrected chi connectivity index (χ1v) is 13.0. The molecule has 3 unspecified atom stereocenters. The third-order valence-electron chi connectivity index (χ3n) is 8.03. The molecule has 3 aliphatic rings. The number of carbonyl (C=O) groups is 2. The van der Waals surface area contributed by atoms with Gasteiger partial charge in [-0.1, -0.05) is 44.0 Å². The number of pyridine rings is 1. The van der Waals surface area contributed by atoms with E-state index in [0.29, 0.717) is 18.0 Å². The van der Waals surface area contributed by atoms with Crippen LogP contribution < -0.4 is 10.2 Å². The van der Waals surface area contributed by atoms with Crippen molar-refractivity contribution in [2.24, 2.45) is 11.8 Å². The summed E-state index contributed by atoms with van der Waals surface area (Å²) >= 11 is 0. The fraction of sp³-hybridized carbons (Fsp3) is 0.536. The summed E-state index contributed by atoms with van der Waals surface area (Å²) in [6, 6.07) is 13.3. The van der Waals surface area contributed by atoms with E-state index in [4.69, 9.17) is 0 Å². The predicted molar refractivity (Wildman–Crippen MR) is 133 cm³/mol. The van der Waals surface area contributed by atoms with E-state index in [1.54, 1.807) is 0 Å². The Balaban J connectivity index is 1.24. The van der Waals surface area contributed by atoms with E-state index in [2.05, 4.69) is 34.3 Å². The lowest BCUT2D eigenvalue weighted by atomic mass is 9.84. The number of benzene rings is 1. The molecule has 0 spiro atoms. The molecule has 2 aliphatic heterocycles. The summed E-state index contributed by atoms with van der Waals surface area (Å²) in [6.07, 6.45) is 9.47. The molecule has 0 bridgehead atoms. The number of anilines is 1. The molecule has 3 fully saturated rings. The molecule has 2 saturated heterocycles. The molecule has 34 heavy (non-hydrogen) atoms. The first-order chi connectivity index (χ1) is 16.6. The van der Waals surface area contributed by atoms with Crippen molar-refractivity contribution in [3.05, 3.63) is 59.8 Å². The average molecular weight is 461 g/mol. The summed E-state index contributed by atoms with van der Waals surface area (Å²) in [5.41, 5.74) is 1.65. The third kappa shape index (κ3) is 4.82. The average Bonchev–Trinajstić information content (AvgIpc) is 3.28. The van der Waals surface area contributed by atoms with Gasteiger partial charge in [-0.25, -0.2) is 4.98 Å². The van der Waals surface area contributed by atoms with Crippen LogP contribution in [0.15, 0.2) is 48.7 Å². The van der Waals surface area contributed by atoms with Gasteiger partial charge in [-0.2, -0.15) is 0 Å². The molecule has 6 heteroatoms. The van der Waals surface area contributed by atoms with Gasteiger partial charge in [0.15, 0.2) is 0 Å². The molecule has 1 saturated carbocycles. The lowest BCUT2D eigenvalue weighted by Crippen LogP contribution is -2.49. The fourth-order valence-corrected chi connectivity index (χ4v) is 5.97. The zero-order valence-corrected chi connectivity index (χ0v) is 20.2. The minimum absolute atomic E-state index is 0.0166. The van der Waals surface area contributed by atoms with Crippen molar-refractivity contribution in [2.45, 2.75) is 70.5 Å². The molecule has 1 aliphatic carbocycles. The van der Waals surface area contributed by atoms with Crippen LogP contribution in [0.3, 0.4) is 0 Å². The summed E-state index contributed by atoms with van der Waals surface area (Å²) in [5, 5.41) is 3.11. The van der Waals surface area contributed by atoms with Crippen molar-refractivity contribution in [1.29, 1.82) is 0 Å². The number of nitrogens with one attached hydrogen (secondary N) is 1. The van der Waals surface area contributed by atoms with Gasteiger partial charge in [0.1, 0.15) is 11.9 Å². The van der Waals surface area contributed by atoms with Crippen molar-refractivity contribution in [2.75, 3.05) is 18.0 Å². The van der Waals surface area contributed by atoms with E-state index in [9.17, 15) is 9.59 Å². The molecule has 1 N–H and O–H groups in total. The van der Waals surface area contributed by atoms with Crippen LogP contribution in [0.5, 0.6) is 0 Å². The predicted octanol–water partition coefficient (Wildman–Crippen LogP) is 4.41. The number of fused-ring (bicyclic) bond motifs is 1. The first-order valence-electron chi connectivity index (χ1n) is 13.0. The quantitative estimate of drug-likeness (QED) is 0.718. The lowest BCUT2D eigenvalue weighted by Gasteiger charge is -2.33. The maximum Gasteiger partial charge on any atom is 0.254 e. The SMILES string of the molecule is CC1CCN(c2ccc(CNC(=O)C3CC4CCCCC4N3C(=O)c3ccccc3)cn2)CC1. The third-order valence-corrected chi connectivity index (χ3v) is 8.03. The summed E-state index contributed by atoms with van der Waals surface area (Å²) in [7, 11) is 0. The van der Waals surface area contributed by atoms with Crippen molar-refractivity contribution in [3.63, 3.8) is 0 Å². The number of nitrogens with zero attached hydrogens (tertiary/aromatic N) is 3. The molecule has 1 aromatic heterocycles. The Kier molecular flexibility index (Phi) is 6.84. The van der Waals surface area contributed by atoms with E-state index < -0.39 is 6.04 Å². The van der Waals surface area contributed by atoms with Crippen molar-refractivity contribution in [3.8, 4) is 0 Å². The summed E-state index contributed by atoms with van der Waals surface area (Å²) < 4.78 is 0. The van der Waals surface area contributed by atoms with Crippen molar-refractivity contribution in [1.82, 2.24) is 15.2 Å². The van der Waals surface area contributed by atoms with Crippen molar-refractivity contribution < 1.29 is 9.59 Å². The minimum atomic E-state index is -0.400. The molecule has 3 heterocycles. The fourth-order valence-electron chi connectivity index (χ4n) is 5.97. The molecule has 6 nitrogen and oxygen atoms in total. The zero-order chi connectivity index (χ0) is 23.5. The highest BCUT2D eigenvalue weighted by Gasteiger charge is 2.47. The standard InChI is InChI=1S/C28H36N4O2/c1-20-13-15-31(16-14-20)26-12-11-21(18-29-26)19-30-27(33)25-17-23-9-5-6-10-24(23)32(25)28(34)22-7-3-2-4-8-22/h2-4,7-8,11-12,18,20,23-25H,5-6,9-10,13-17,19H2,1H3,(H,30,33). The molecule has 0 radical (unpaired) electrons. The topological polar surface area (TPSA) is 65.5 Å². The zero-order valence-electron chi connectivity index (χ0n) is 20.2. The van der Waals surface area contributed by atoms with Gasteiger partial charge in [0.25, 0.3) is 5.91 Å². The Bertz CT molecular complexity index is 985. The molecule has 5 rings (SSSR count). The smallest absolute Gasteiger partial charge is 0.254 e. The number of amides is 2. The van der Waals surface area contributed by atoms with Gasteiger partial charge in [0.05, 0.1) is 0 Å². The molecule has 1 aromatic carbocycles. The number of hydrogen-bond donors (Lipinski definition) is 1.